The molecule has 0 aromatic rings. The standard InChI is InChI=1S/C15H30N2/c1-17(13-14-7-5-8-14)12-6-11-16-15-9-3-2-4-10-15/h14-16H,2-13H2,1H3. The third-order valence-corrected chi connectivity index (χ3v) is 4.55. The Morgan fingerprint density at radius 3 is 2.41 bits per heavy atom. The van der Waals surface area contributed by atoms with Crippen LogP contribution >= 0.6 is 0 Å². The van der Waals surface area contributed by atoms with Crippen LogP contribution in [0.2, 0.25) is 0 Å². The van der Waals surface area contributed by atoms with Gasteiger partial charge in [0.15, 0.2) is 0 Å². The molecule has 0 spiro atoms. The van der Waals surface area contributed by atoms with Gasteiger partial charge in [0, 0.05) is 12.6 Å². The molecule has 0 amide bonds. The normalized spacial score (nSPS) is 22.9. The van der Waals surface area contributed by atoms with Crippen molar-refractivity contribution >= 4 is 0 Å². The van der Waals surface area contributed by atoms with Gasteiger partial charge in [-0.3, -0.25) is 0 Å². The van der Waals surface area contributed by atoms with E-state index in [2.05, 4.69) is 17.3 Å². The molecule has 0 atom stereocenters. The molecule has 2 aliphatic carbocycles. The second kappa shape index (κ2) is 7.38. The Balaban J connectivity index is 1.44. The molecule has 0 radical (unpaired) electrons. The summed E-state index contributed by atoms with van der Waals surface area (Å²) in [6.45, 7) is 3.83. The number of nitrogens with zero attached hydrogens (tertiary/aromatic N) is 1. The lowest BCUT2D eigenvalue weighted by atomic mass is 9.85. The molecule has 0 heterocycles. The number of hydrogen-bond donors (Lipinski definition) is 1. The average Bonchev–Trinajstić information content (AvgIpc) is 2.31. The zero-order valence-electron chi connectivity index (χ0n) is 11.6. The average molecular weight is 238 g/mol. The molecular formula is C15H30N2. The second-order valence-corrected chi connectivity index (χ2v) is 6.20. The van der Waals surface area contributed by atoms with Crippen LogP contribution in [0.1, 0.15) is 57.8 Å². The van der Waals surface area contributed by atoms with E-state index in [-0.39, 0.29) is 0 Å². The lowest BCUT2D eigenvalue weighted by molar-refractivity contribution is 0.203. The van der Waals surface area contributed by atoms with Gasteiger partial charge in [0.25, 0.3) is 0 Å². The number of nitrogens with one attached hydrogen (secondary N) is 1. The molecule has 2 nitrogen and oxygen atoms in total. The van der Waals surface area contributed by atoms with Crippen LogP contribution in [0.4, 0.5) is 0 Å². The minimum atomic E-state index is 0.834. The van der Waals surface area contributed by atoms with E-state index < -0.39 is 0 Å². The molecule has 0 aliphatic heterocycles. The quantitative estimate of drug-likeness (QED) is 0.686. The molecule has 0 unspecified atom stereocenters. The first kappa shape index (κ1) is 13.4. The maximum absolute atomic E-state index is 3.73. The maximum Gasteiger partial charge on any atom is 0.00670 e. The zero-order valence-corrected chi connectivity index (χ0v) is 11.6. The molecule has 0 bridgehead atoms. The highest BCUT2D eigenvalue weighted by atomic mass is 15.1. The lowest BCUT2D eigenvalue weighted by Crippen LogP contribution is -2.35. The Bertz CT molecular complexity index is 195. The molecule has 17 heavy (non-hydrogen) atoms. The summed E-state index contributed by atoms with van der Waals surface area (Å²) in [5, 5.41) is 3.73. The number of hydrogen-bond acceptors (Lipinski definition) is 2. The highest BCUT2D eigenvalue weighted by Gasteiger charge is 2.18. The summed E-state index contributed by atoms with van der Waals surface area (Å²) < 4.78 is 0. The molecular weight excluding hydrogens is 208 g/mol. The third kappa shape index (κ3) is 4.97. The van der Waals surface area contributed by atoms with Gasteiger partial charge in [0.1, 0.15) is 0 Å². The summed E-state index contributed by atoms with van der Waals surface area (Å²) in [4.78, 5) is 2.53. The molecule has 0 aromatic heterocycles. The summed E-state index contributed by atoms with van der Waals surface area (Å²) in [5.74, 6) is 1.02. The van der Waals surface area contributed by atoms with E-state index in [0.717, 1.165) is 12.0 Å². The first-order valence-electron chi connectivity index (χ1n) is 7.76. The lowest BCUT2D eigenvalue weighted by Gasteiger charge is -2.30. The van der Waals surface area contributed by atoms with Gasteiger partial charge in [-0.05, 0) is 58.2 Å². The van der Waals surface area contributed by atoms with E-state index in [4.69, 9.17) is 0 Å². The summed E-state index contributed by atoms with van der Waals surface area (Å²) >= 11 is 0. The number of rotatable bonds is 7. The largest absolute Gasteiger partial charge is 0.314 e. The fourth-order valence-corrected chi connectivity index (χ4v) is 3.17. The van der Waals surface area contributed by atoms with Crippen LogP contribution in [0, 0.1) is 5.92 Å². The van der Waals surface area contributed by atoms with Crippen molar-refractivity contribution in [2.75, 3.05) is 26.7 Å². The summed E-state index contributed by atoms with van der Waals surface area (Å²) in [6, 6.07) is 0.834. The summed E-state index contributed by atoms with van der Waals surface area (Å²) in [7, 11) is 2.29. The van der Waals surface area contributed by atoms with Crippen molar-refractivity contribution < 1.29 is 0 Å². The van der Waals surface area contributed by atoms with Crippen LogP contribution in [0.25, 0.3) is 0 Å². The van der Waals surface area contributed by atoms with Gasteiger partial charge < -0.3 is 10.2 Å². The van der Waals surface area contributed by atoms with Crippen molar-refractivity contribution in [3.63, 3.8) is 0 Å². The molecule has 100 valence electrons. The van der Waals surface area contributed by atoms with Crippen molar-refractivity contribution in [3.05, 3.63) is 0 Å². The molecule has 0 aromatic carbocycles. The smallest absolute Gasteiger partial charge is 0.00670 e. The third-order valence-electron chi connectivity index (χ3n) is 4.55. The second-order valence-electron chi connectivity index (χ2n) is 6.20. The van der Waals surface area contributed by atoms with E-state index in [1.54, 1.807) is 0 Å². The summed E-state index contributed by atoms with van der Waals surface area (Å²) in [6.07, 6.45) is 12.9. The van der Waals surface area contributed by atoms with E-state index in [1.807, 2.05) is 0 Å². The van der Waals surface area contributed by atoms with Gasteiger partial charge in [-0.2, -0.15) is 0 Å². The fraction of sp³-hybridized carbons (Fsp3) is 1.00. The van der Waals surface area contributed by atoms with Crippen LogP contribution in [-0.2, 0) is 0 Å². The van der Waals surface area contributed by atoms with Crippen LogP contribution < -0.4 is 5.32 Å². The Hall–Kier alpha value is -0.0800. The first-order valence-corrected chi connectivity index (χ1v) is 7.76. The molecule has 0 saturated heterocycles. The Morgan fingerprint density at radius 2 is 1.76 bits per heavy atom. The van der Waals surface area contributed by atoms with Crippen molar-refractivity contribution in [1.29, 1.82) is 0 Å². The van der Waals surface area contributed by atoms with Crippen molar-refractivity contribution in [2.45, 2.75) is 63.8 Å². The predicted molar refractivity (Wildman–Crippen MR) is 74.3 cm³/mol. The molecule has 1 N–H and O–H groups in total. The Labute approximate surface area is 107 Å². The Kier molecular flexibility index (Phi) is 5.79. The Morgan fingerprint density at radius 1 is 1.00 bits per heavy atom. The molecule has 2 saturated carbocycles. The zero-order chi connectivity index (χ0) is 11.9. The van der Waals surface area contributed by atoms with Gasteiger partial charge >= 0.3 is 0 Å². The van der Waals surface area contributed by atoms with Crippen LogP contribution in [-0.4, -0.2) is 37.6 Å². The van der Waals surface area contributed by atoms with Crippen molar-refractivity contribution in [1.82, 2.24) is 10.2 Å². The van der Waals surface area contributed by atoms with Crippen LogP contribution in [0.5, 0.6) is 0 Å². The molecule has 2 heteroatoms. The van der Waals surface area contributed by atoms with E-state index in [9.17, 15) is 0 Å². The van der Waals surface area contributed by atoms with Gasteiger partial charge in [0.05, 0.1) is 0 Å². The minimum absolute atomic E-state index is 0.834. The SMILES string of the molecule is CN(CCCNC1CCCCC1)CC1CCC1. The van der Waals surface area contributed by atoms with Gasteiger partial charge in [-0.15, -0.1) is 0 Å². The monoisotopic (exact) mass is 238 g/mol. The van der Waals surface area contributed by atoms with E-state index in [1.165, 1.54) is 77.4 Å². The predicted octanol–water partition coefficient (Wildman–Crippen LogP) is 3.03. The van der Waals surface area contributed by atoms with Crippen LogP contribution in [0.3, 0.4) is 0 Å². The summed E-state index contributed by atoms with van der Waals surface area (Å²) in [5.41, 5.74) is 0. The highest BCUT2D eigenvalue weighted by molar-refractivity contribution is 4.74. The molecule has 2 aliphatic rings. The minimum Gasteiger partial charge on any atom is -0.314 e. The fourth-order valence-electron chi connectivity index (χ4n) is 3.17. The van der Waals surface area contributed by atoms with Crippen LogP contribution in [0.15, 0.2) is 0 Å². The van der Waals surface area contributed by atoms with Crippen molar-refractivity contribution in [2.24, 2.45) is 5.92 Å². The first-order chi connectivity index (χ1) is 8.34. The van der Waals surface area contributed by atoms with Gasteiger partial charge in [-0.1, -0.05) is 25.7 Å². The maximum atomic E-state index is 3.73. The topological polar surface area (TPSA) is 15.3 Å². The van der Waals surface area contributed by atoms with Gasteiger partial charge in [0.2, 0.25) is 0 Å². The highest BCUT2D eigenvalue weighted by Crippen LogP contribution is 2.26. The van der Waals surface area contributed by atoms with E-state index >= 15 is 0 Å². The van der Waals surface area contributed by atoms with Crippen molar-refractivity contribution in [3.8, 4) is 0 Å². The van der Waals surface area contributed by atoms with Gasteiger partial charge in [-0.25, -0.2) is 0 Å². The molecule has 2 rings (SSSR count). The van der Waals surface area contributed by atoms with E-state index in [0.29, 0.717) is 0 Å². The molecule has 2 fully saturated rings.